The zero-order chi connectivity index (χ0) is 19.6. The Morgan fingerprint density at radius 2 is 1.88 bits per heavy atom. The number of sulfonamides is 1. The van der Waals surface area contributed by atoms with Crippen molar-refractivity contribution in [3.8, 4) is 0 Å². The van der Waals surface area contributed by atoms with E-state index < -0.39 is 21.0 Å². The molecule has 7 nitrogen and oxygen atoms in total. The number of ether oxygens (including phenoxy) is 1. The average Bonchev–Trinajstić information content (AvgIpc) is 2.59. The van der Waals surface area contributed by atoms with Gasteiger partial charge in [0.1, 0.15) is 5.54 Å². The molecule has 0 spiro atoms. The Bertz CT molecular complexity index is 746. The molecule has 1 fully saturated rings. The second-order valence-corrected chi connectivity index (χ2v) is 8.94. The molecule has 2 unspecified atom stereocenters. The van der Waals surface area contributed by atoms with Gasteiger partial charge in [0.25, 0.3) is 0 Å². The SMILES string of the molecule is CCNS(=O)(=O)c1ccc(CNC(=O)C2(N)CC(OCC)C2(C)C)cc1. The second-order valence-electron chi connectivity index (χ2n) is 7.17. The van der Waals surface area contributed by atoms with E-state index in [4.69, 9.17) is 10.5 Å². The highest BCUT2D eigenvalue weighted by atomic mass is 32.2. The largest absolute Gasteiger partial charge is 0.378 e. The first-order chi connectivity index (χ1) is 12.1. The Hall–Kier alpha value is -1.48. The van der Waals surface area contributed by atoms with E-state index in [0.29, 0.717) is 19.6 Å². The van der Waals surface area contributed by atoms with Gasteiger partial charge >= 0.3 is 0 Å². The molecule has 1 aliphatic rings. The molecule has 1 aliphatic carbocycles. The third kappa shape index (κ3) is 3.78. The van der Waals surface area contributed by atoms with E-state index in [1.165, 1.54) is 12.1 Å². The molecule has 26 heavy (non-hydrogen) atoms. The highest BCUT2D eigenvalue weighted by Crippen LogP contribution is 2.49. The van der Waals surface area contributed by atoms with Crippen LogP contribution >= 0.6 is 0 Å². The Morgan fingerprint density at radius 1 is 1.27 bits per heavy atom. The molecule has 1 amide bonds. The van der Waals surface area contributed by atoms with Gasteiger partial charge in [-0.3, -0.25) is 4.79 Å². The lowest BCUT2D eigenvalue weighted by atomic mass is 9.54. The van der Waals surface area contributed by atoms with Gasteiger partial charge in [-0.1, -0.05) is 32.9 Å². The van der Waals surface area contributed by atoms with Crippen LogP contribution in [0.3, 0.4) is 0 Å². The maximum atomic E-state index is 12.6. The van der Waals surface area contributed by atoms with E-state index in [1.807, 2.05) is 20.8 Å². The van der Waals surface area contributed by atoms with Crippen molar-refractivity contribution in [2.75, 3.05) is 13.2 Å². The summed E-state index contributed by atoms with van der Waals surface area (Å²) >= 11 is 0. The number of carbonyl (C=O) groups is 1. The van der Waals surface area contributed by atoms with Crippen molar-refractivity contribution in [2.45, 2.75) is 57.2 Å². The van der Waals surface area contributed by atoms with Gasteiger partial charge in [0, 0.05) is 31.5 Å². The molecule has 1 aromatic rings. The van der Waals surface area contributed by atoms with Gasteiger partial charge in [-0.15, -0.1) is 0 Å². The fourth-order valence-electron chi connectivity index (χ4n) is 3.22. The van der Waals surface area contributed by atoms with Crippen molar-refractivity contribution in [1.82, 2.24) is 10.0 Å². The molecule has 2 rings (SSSR count). The zero-order valence-corrected chi connectivity index (χ0v) is 16.7. The molecule has 0 saturated heterocycles. The second kappa shape index (κ2) is 7.64. The topological polar surface area (TPSA) is 111 Å². The number of amides is 1. The number of nitrogens with two attached hydrogens (primary N) is 1. The maximum absolute atomic E-state index is 12.6. The van der Waals surface area contributed by atoms with Gasteiger partial charge < -0.3 is 15.8 Å². The third-order valence-corrected chi connectivity index (χ3v) is 6.82. The van der Waals surface area contributed by atoms with Gasteiger partial charge in [0.2, 0.25) is 15.9 Å². The van der Waals surface area contributed by atoms with Crippen LogP contribution < -0.4 is 15.8 Å². The molecule has 0 aromatic heterocycles. The predicted molar refractivity (Wildman–Crippen MR) is 99.9 cm³/mol. The summed E-state index contributed by atoms with van der Waals surface area (Å²) in [5, 5.41) is 2.86. The molecular weight excluding hydrogens is 354 g/mol. The molecule has 8 heteroatoms. The van der Waals surface area contributed by atoms with E-state index in [2.05, 4.69) is 10.0 Å². The Balaban J connectivity index is 1.98. The van der Waals surface area contributed by atoms with Crippen molar-refractivity contribution >= 4 is 15.9 Å². The minimum absolute atomic E-state index is 0.0289. The first-order valence-electron chi connectivity index (χ1n) is 8.86. The summed E-state index contributed by atoms with van der Waals surface area (Å²) in [5.41, 5.74) is 5.73. The normalized spacial score (nSPS) is 24.7. The monoisotopic (exact) mass is 383 g/mol. The third-order valence-electron chi connectivity index (χ3n) is 5.26. The summed E-state index contributed by atoms with van der Waals surface area (Å²) in [6.07, 6.45) is 0.457. The number of hydrogen-bond acceptors (Lipinski definition) is 5. The van der Waals surface area contributed by atoms with E-state index in [-0.39, 0.29) is 23.5 Å². The standard InChI is InChI=1S/C18H29N3O4S/c1-5-21-26(23,24)14-9-7-13(8-10-14)12-20-16(22)18(19)11-15(25-6-2)17(18,3)4/h7-10,15,21H,5-6,11-12,19H2,1-4H3,(H,20,22). The summed E-state index contributed by atoms with van der Waals surface area (Å²) in [6, 6.07) is 6.41. The van der Waals surface area contributed by atoms with Crippen LogP contribution in [0.25, 0.3) is 0 Å². The minimum atomic E-state index is -3.47. The Labute approximate surface area is 155 Å². The highest BCUT2D eigenvalue weighted by Gasteiger charge is 2.62. The fraction of sp³-hybridized carbons (Fsp3) is 0.611. The molecule has 0 heterocycles. The molecule has 4 N–H and O–H groups in total. The summed E-state index contributed by atoms with van der Waals surface area (Å²) < 4.78 is 32.0. The lowest BCUT2D eigenvalue weighted by Crippen LogP contribution is -2.75. The zero-order valence-electron chi connectivity index (χ0n) is 15.8. The Kier molecular flexibility index (Phi) is 6.12. The van der Waals surface area contributed by atoms with Crippen molar-refractivity contribution in [3.63, 3.8) is 0 Å². The van der Waals surface area contributed by atoms with E-state index in [9.17, 15) is 13.2 Å². The van der Waals surface area contributed by atoms with E-state index >= 15 is 0 Å². The smallest absolute Gasteiger partial charge is 0.241 e. The number of nitrogens with one attached hydrogen (secondary N) is 2. The van der Waals surface area contributed by atoms with Crippen LogP contribution in [0.2, 0.25) is 0 Å². The van der Waals surface area contributed by atoms with Crippen LogP contribution in [0.1, 0.15) is 39.7 Å². The van der Waals surface area contributed by atoms with Crippen LogP contribution in [0.15, 0.2) is 29.2 Å². The van der Waals surface area contributed by atoms with E-state index in [1.54, 1.807) is 19.1 Å². The summed E-state index contributed by atoms with van der Waals surface area (Å²) in [7, 11) is -3.47. The molecule has 146 valence electrons. The number of carbonyl (C=O) groups excluding carboxylic acids is 1. The molecule has 0 aliphatic heterocycles. The lowest BCUT2D eigenvalue weighted by molar-refractivity contribution is -0.170. The molecule has 1 saturated carbocycles. The van der Waals surface area contributed by atoms with Crippen molar-refractivity contribution in [3.05, 3.63) is 29.8 Å². The molecule has 1 aromatic carbocycles. The summed E-state index contributed by atoms with van der Waals surface area (Å²) in [4.78, 5) is 12.8. The van der Waals surface area contributed by atoms with Crippen LogP contribution in [-0.2, 0) is 26.1 Å². The van der Waals surface area contributed by atoms with Gasteiger partial charge in [0.05, 0.1) is 11.0 Å². The van der Waals surface area contributed by atoms with Crippen LogP contribution in [-0.4, -0.2) is 39.1 Å². The predicted octanol–water partition coefficient (Wildman–Crippen LogP) is 1.13. The first-order valence-corrected chi connectivity index (χ1v) is 10.3. The molecule has 0 bridgehead atoms. The highest BCUT2D eigenvalue weighted by molar-refractivity contribution is 7.89. The van der Waals surface area contributed by atoms with Crippen LogP contribution in [0, 0.1) is 5.41 Å². The number of rotatable bonds is 8. The van der Waals surface area contributed by atoms with E-state index in [0.717, 1.165) is 5.56 Å². The fourth-order valence-corrected chi connectivity index (χ4v) is 4.26. The quantitative estimate of drug-likeness (QED) is 0.623. The van der Waals surface area contributed by atoms with Crippen molar-refractivity contribution in [2.24, 2.45) is 11.1 Å². The van der Waals surface area contributed by atoms with Gasteiger partial charge in [-0.25, -0.2) is 13.1 Å². The maximum Gasteiger partial charge on any atom is 0.241 e. The average molecular weight is 384 g/mol. The Morgan fingerprint density at radius 3 is 2.38 bits per heavy atom. The molecular formula is C18H29N3O4S. The van der Waals surface area contributed by atoms with Crippen molar-refractivity contribution < 1.29 is 17.9 Å². The van der Waals surface area contributed by atoms with Crippen molar-refractivity contribution in [1.29, 1.82) is 0 Å². The van der Waals surface area contributed by atoms with Gasteiger partial charge in [-0.2, -0.15) is 0 Å². The molecule has 2 atom stereocenters. The first kappa shape index (κ1) is 20.8. The van der Waals surface area contributed by atoms with Gasteiger partial charge in [0.15, 0.2) is 0 Å². The van der Waals surface area contributed by atoms with Gasteiger partial charge in [-0.05, 0) is 24.6 Å². The minimum Gasteiger partial charge on any atom is -0.378 e. The lowest BCUT2D eigenvalue weighted by Gasteiger charge is -2.57. The van der Waals surface area contributed by atoms with Crippen LogP contribution in [0.4, 0.5) is 0 Å². The molecule has 0 radical (unpaired) electrons. The van der Waals surface area contributed by atoms with Crippen LogP contribution in [0.5, 0.6) is 0 Å². The summed E-state index contributed by atoms with van der Waals surface area (Å²) in [6.45, 7) is 8.74. The number of benzene rings is 1. The number of hydrogen-bond donors (Lipinski definition) is 3. The summed E-state index contributed by atoms with van der Waals surface area (Å²) in [5.74, 6) is -0.220.